The van der Waals surface area contributed by atoms with Gasteiger partial charge < -0.3 is 4.90 Å². The molecule has 140 valence electrons. The average molecular weight is 432 g/mol. The lowest BCUT2D eigenvalue weighted by atomic mass is 10.1. The SMILES string of the molecule is O=C1CC(N2CCN(c3ccccc3F)CC2)C(=O)N1c1ccccc1Br. The van der Waals surface area contributed by atoms with Crippen LogP contribution in [0.25, 0.3) is 0 Å². The summed E-state index contributed by atoms with van der Waals surface area (Å²) in [7, 11) is 0. The van der Waals surface area contributed by atoms with Gasteiger partial charge in [-0.15, -0.1) is 0 Å². The smallest absolute Gasteiger partial charge is 0.251 e. The van der Waals surface area contributed by atoms with E-state index < -0.39 is 6.04 Å². The third-order valence-corrected chi connectivity index (χ3v) is 5.83. The van der Waals surface area contributed by atoms with Gasteiger partial charge in [-0.2, -0.15) is 0 Å². The summed E-state index contributed by atoms with van der Waals surface area (Å²) in [6.07, 6.45) is 0.180. The molecule has 2 fully saturated rings. The normalized spacial score (nSPS) is 21.2. The highest BCUT2D eigenvalue weighted by Gasteiger charge is 2.43. The molecule has 2 saturated heterocycles. The van der Waals surface area contributed by atoms with Gasteiger partial charge in [0.05, 0.1) is 23.8 Å². The van der Waals surface area contributed by atoms with E-state index in [2.05, 4.69) is 15.9 Å². The third kappa shape index (κ3) is 3.37. The molecule has 0 saturated carbocycles. The monoisotopic (exact) mass is 431 g/mol. The van der Waals surface area contributed by atoms with Crippen LogP contribution in [0, 0.1) is 5.82 Å². The fourth-order valence-electron chi connectivity index (χ4n) is 3.77. The lowest BCUT2D eigenvalue weighted by Gasteiger charge is -2.38. The van der Waals surface area contributed by atoms with Gasteiger partial charge in [0.25, 0.3) is 5.91 Å². The van der Waals surface area contributed by atoms with Crippen molar-refractivity contribution in [3.63, 3.8) is 0 Å². The number of halogens is 2. The molecule has 1 atom stereocenters. The number of carbonyl (C=O) groups excluding carboxylic acids is 2. The summed E-state index contributed by atoms with van der Waals surface area (Å²) in [4.78, 5) is 30.8. The molecule has 4 rings (SSSR count). The quantitative estimate of drug-likeness (QED) is 0.700. The largest absolute Gasteiger partial charge is 0.367 e. The third-order valence-electron chi connectivity index (χ3n) is 5.16. The zero-order valence-corrected chi connectivity index (χ0v) is 16.2. The number of amides is 2. The van der Waals surface area contributed by atoms with E-state index in [1.807, 2.05) is 28.0 Å². The Morgan fingerprint density at radius 1 is 0.889 bits per heavy atom. The predicted octanol–water partition coefficient (Wildman–Crippen LogP) is 3.04. The molecule has 2 aliphatic heterocycles. The van der Waals surface area contributed by atoms with E-state index >= 15 is 0 Å². The van der Waals surface area contributed by atoms with Gasteiger partial charge in [0.1, 0.15) is 5.82 Å². The Balaban J connectivity index is 1.46. The Bertz CT molecular complexity index is 883. The van der Waals surface area contributed by atoms with Crippen molar-refractivity contribution in [1.29, 1.82) is 0 Å². The summed E-state index contributed by atoms with van der Waals surface area (Å²) in [5.41, 5.74) is 1.17. The first-order valence-corrected chi connectivity index (χ1v) is 9.70. The van der Waals surface area contributed by atoms with E-state index in [1.54, 1.807) is 24.3 Å². The Kier molecular flexibility index (Phi) is 4.97. The van der Waals surface area contributed by atoms with Crippen LogP contribution in [0.15, 0.2) is 53.0 Å². The summed E-state index contributed by atoms with van der Waals surface area (Å²) in [6, 6.07) is 13.5. The van der Waals surface area contributed by atoms with Crippen molar-refractivity contribution in [3.05, 3.63) is 58.8 Å². The van der Waals surface area contributed by atoms with E-state index in [0.717, 1.165) is 4.47 Å². The molecular weight excluding hydrogens is 413 g/mol. The molecule has 27 heavy (non-hydrogen) atoms. The molecule has 0 radical (unpaired) electrons. The topological polar surface area (TPSA) is 43.9 Å². The number of carbonyl (C=O) groups is 2. The average Bonchev–Trinajstić information content (AvgIpc) is 2.97. The van der Waals surface area contributed by atoms with Crippen LogP contribution < -0.4 is 9.80 Å². The highest BCUT2D eigenvalue weighted by Crippen LogP contribution is 2.32. The minimum Gasteiger partial charge on any atom is -0.367 e. The zero-order chi connectivity index (χ0) is 19.0. The molecule has 0 bridgehead atoms. The first kappa shape index (κ1) is 18.1. The van der Waals surface area contributed by atoms with Crippen molar-refractivity contribution < 1.29 is 14.0 Å². The molecule has 2 aromatic rings. The second kappa shape index (κ2) is 7.40. The molecule has 1 unspecified atom stereocenters. The Hall–Kier alpha value is -2.25. The van der Waals surface area contributed by atoms with Crippen LogP contribution in [0.4, 0.5) is 15.8 Å². The second-order valence-corrected chi connectivity index (χ2v) is 7.57. The number of imide groups is 1. The number of rotatable bonds is 3. The van der Waals surface area contributed by atoms with Crippen molar-refractivity contribution in [2.45, 2.75) is 12.5 Å². The number of anilines is 2. The maximum atomic E-state index is 14.0. The lowest BCUT2D eigenvalue weighted by Crippen LogP contribution is -2.52. The van der Waals surface area contributed by atoms with Crippen LogP contribution in [0.2, 0.25) is 0 Å². The lowest BCUT2D eigenvalue weighted by molar-refractivity contribution is -0.123. The highest BCUT2D eigenvalue weighted by atomic mass is 79.9. The molecule has 0 aliphatic carbocycles. The number of piperazine rings is 1. The fraction of sp³-hybridized carbons (Fsp3) is 0.300. The van der Waals surface area contributed by atoms with Crippen LogP contribution in [-0.2, 0) is 9.59 Å². The Morgan fingerprint density at radius 2 is 1.52 bits per heavy atom. The predicted molar refractivity (Wildman–Crippen MR) is 105 cm³/mol. The van der Waals surface area contributed by atoms with Crippen LogP contribution in [0.5, 0.6) is 0 Å². The van der Waals surface area contributed by atoms with Gasteiger partial charge >= 0.3 is 0 Å². The standard InChI is InChI=1S/C20H19BrFN3O2/c21-14-5-1-3-7-16(14)25-19(26)13-18(20(25)27)24-11-9-23(10-12-24)17-8-4-2-6-15(17)22/h1-8,18H,9-13H2. The van der Waals surface area contributed by atoms with Crippen molar-refractivity contribution >= 4 is 39.1 Å². The summed E-state index contributed by atoms with van der Waals surface area (Å²) in [6.45, 7) is 2.46. The molecule has 5 nitrogen and oxygen atoms in total. The van der Waals surface area contributed by atoms with Gasteiger partial charge in [-0.1, -0.05) is 24.3 Å². The van der Waals surface area contributed by atoms with Gasteiger partial charge in [0, 0.05) is 30.7 Å². The first-order chi connectivity index (χ1) is 13.1. The van der Waals surface area contributed by atoms with E-state index in [9.17, 15) is 14.0 Å². The number of nitrogens with zero attached hydrogens (tertiary/aromatic N) is 3. The molecule has 7 heteroatoms. The van der Waals surface area contributed by atoms with Crippen LogP contribution >= 0.6 is 15.9 Å². The van der Waals surface area contributed by atoms with Gasteiger partial charge in [-0.05, 0) is 40.2 Å². The summed E-state index contributed by atoms with van der Waals surface area (Å²) in [5.74, 6) is -0.613. The first-order valence-electron chi connectivity index (χ1n) is 8.91. The summed E-state index contributed by atoms with van der Waals surface area (Å²) in [5, 5.41) is 0. The van der Waals surface area contributed by atoms with Crippen LogP contribution in [0.3, 0.4) is 0 Å². The molecule has 2 heterocycles. The number of hydrogen-bond donors (Lipinski definition) is 0. The van der Waals surface area contributed by atoms with Gasteiger partial charge in [0.2, 0.25) is 5.91 Å². The van der Waals surface area contributed by atoms with Crippen LogP contribution in [-0.4, -0.2) is 48.9 Å². The second-order valence-electron chi connectivity index (χ2n) is 6.71. The molecule has 2 aliphatic rings. The molecule has 2 aromatic carbocycles. The van der Waals surface area contributed by atoms with E-state index in [-0.39, 0.29) is 24.1 Å². The fourth-order valence-corrected chi connectivity index (χ4v) is 4.23. The summed E-state index contributed by atoms with van der Waals surface area (Å²) < 4.78 is 14.7. The highest BCUT2D eigenvalue weighted by molar-refractivity contribution is 9.10. The zero-order valence-electron chi connectivity index (χ0n) is 14.6. The summed E-state index contributed by atoms with van der Waals surface area (Å²) >= 11 is 3.42. The molecular formula is C20H19BrFN3O2. The number of para-hydroxylation sites is 2. The van der Waals surface area contributed by atoms with E-state index in [0.29, 0.717) is 37.6 Å². The number of benzene rings is 2. The minimum absolute atomic E-state index is 0.180. The van der Waals surface area contributed by atoms with Crippen LogP contribution in [0.1, 0.15) is 6.42 Å². The maximum absolute atomic E-state index is 14.0. The van der Waals surface area contributed by atoms with Gasteiger partial charge in [0.15, 0.2) is 0 Å². The van der Waals surface area contributed by atoms with Gasteiger partial charge in [-0.3, -0.25) is 14.5 Å². The molecule has 0 aromatic heterocycles. The van der Waals surface area contributed by atoms with Crippen molar-refractivity contribution in [2.75, 3.05) is 36.0 Å². The van der Waals surface area contributed by atoms with Crippen molar-refractivity contribution in [1.82, 2.24) is 4.90 Å². The Morgan fingerprint density at radius 3 is 2.19 bits per heavy atom. The van der Waals surface area contributed by atoms with E-state index in [1.165, 1.54) is 11.0 Å². The maximum Gasteiger partial charge on any atom is 0.251 e. The van der Waals surface area contributed by atoms with Crippen molar-refractivity contribution in [3.8, 4) is 0 Å². The Labute approximate surface area is 165 Å². The molecule has 2 amide bonds. The van der Waals surface area contributed by atoms with Crippen molar-refractivity contribution in [2.24, 2.45) is 0 Å². The van der Waals surface area contributed by atoms with Gasteiger partial charge in [-0.25, -0.2) is 9.29 Å². The molecule has 0 N–H and O–H groups in total. The molecule has 0 spiro atoms. The van der Waals surface area contributed by atoms with E-state index in [4.69, 9.17) is 0 Å². The number of hydrogen-bond acceptors (Lipinski definition) is 4. The minimum atomic E-state index is -0.452.